The van der Waals surface area contributed by atoms with Crippen molar-refractivity contribution in [2.75, 3.05) is 33.5 Å². The SMILES string of the molecule is COc1ccc(-c2nc(CS(=O)(=O)CC(=O)CCCN(C)C)c(C)o2)cc1. The zero-order chi connectivity index (χ0) is 20.0. The van der Waals surface area contributed by atoms with Crippen LogP contribution in [0.3, 0.4) is 0 Å². The summed E-state index contributed by atoms with van der Waals surface area (Å²) in [4.78, 5) is 18.2. The average molecular weight is 394 g/mol. The average Bonchev–Trinajstić information content (AvgIpc) is 2.94. The first-order valence-corrected chi connectivity index (χ1v) is 10.5. The molecule has 0 unspecified atom stereocenters. The van der Waals surface area contributed by atoms with Gasteiger partial charge in [-0.15, -0.1) is 0 Å². The van der Waals surface area contributed by atoms with E-state index in [-0.39, 0.29) is 18.0 Å². The van der Waals surface area contributed by atoms with E-state index in [1.807, 2.05) is 19.0 Å². The molecule has 0 N–H and O–H groups in total. The molecule has 148 valence electrons. The molecule has 1 aromatic heterocycles. The molecule has 2 aromatic rings. The molecule has 0 atom stereocenters. The van der Waals surface area contributed by atoms with Gasteiger partial charge in [0.15, 0.2) is 9.84 Å². The number of benzene rings is 1. The lowest BCUT2D eigenvalue weighted by Gasteiger charge is -2.08. The monoisotopic (exact) mass is 394 g/mol. The van der Waals surface area contributed by atoms with Crippen LogP contribution in [0.2, 0.25) is 0 Å². The fourth-order valence-corrected chi connectivity index (χ4v) is 4.01. The zero-order valence-electron chi connectivity index (χ0n) is 16.2. The number of carbonyl (C=O) groups is 1. The molecule has 0 saturated carbocycles. The Morgan fingerprint density at radius 3 is 2.48 bits per heavy atom. The van der Waals surface area contributed by atoms with Gasteiger partial charge in [0.1, 0.15) is 23.0 Å². The van der Waals surface area contributed by atoms with E-state index in [0.29, 0.717) is 29.5 Å². The van der Waals surface area contributed by atoms with E-state index < -0.39 is 15.6 Å². The number of aromatic nitrogens is 1. The lowest BCUT2D eigenvalue weighted by molar-refractivity contribution is -0.116. The number of carbonyl (C=O) groups excluding carboxylic acids is 1. The first-order chi connectivity index (χ1) is 12.7. The smallest absolute Gasteiger partial charge is 0.226 e. The van der Waals surface area contributed by atoms with Crippen LogP contribution in [-0.2, 0) is 20.4 Å². The van der Waals surface area contributed by atoms with Crippen LogP contribution < -0.4 is 4.74 Å². The molecule has 0 spiro atoms. The van der Waals surface area contributed by atoms with Gasteiger partial charge in [-0.1, -0.05) is 0 Å². The number of hydrogen-bond acceptors (Lipinski definition) is 7. The normalized spacial score (nSPS) is 11.7. The highest BCUT2D eigenvalue weighted by molar-refractivity contribution is 7.91. The van der Waals surface area contributed by atoms with Gasteiger partial charge in [0.2, 0.25) is 5.89 Å². The maximum atomic E-state index is 12.4. The highest BCUT2D eigenvalue weighted by Crippen LogP contribution is 2.25. The van der Waals surface area contributed by atoms with Crippen LogP contribution in [0.1, 0.15) is 24.3 Å². The Bertz CT molecular complexity index is 870. The summed E-state index contributed by atoms with van der Waals surface area (Å²) in [5.41, 5.74) is 1.06. The van der Waals surface area contributed by atoms with Crippen LogP contribution in [0.25, 0.3) is 11.5 Å². The molecule has 0 aliphatic carbocycles. The van der Waals surface area contributed by atoms with E-state index in [4.69, 9.17) is 9.15 Å². The number of rotatable bonds is 10. The van der Waals surface area contributed by atoms with Crippen LogP contribution in [0.5, 0.6) is 5.75 Å². The van der Waals surface area contributed by atoms with Crippen molar-refractivity contribution in [1.29, 1.82) is 0 Å². The van der Waals surface area contributed by atoms with E-state index >= 15 is 0 Å². The summed E-state index contributed by atoms with van der Waals surface area (Å²) in [7, 11) is 1.81. The van der Waals surface area contributed by atoms with Gasteiger partial charge in [0, 0.05) is 12.0 Å². The highest BCUT2D eigenvalue weighted by atomic mass is 32.2. The van der Waals surface area contributed by atoms with Crippen molar-refractivity contribution in [3.8, 4) is 17.2 Å². The van der Waals surface area contributed by atoms with Crippen molar-refractivity contribution in [3.05, 3.63) is 35.7 Å². The molecule has 0 fully saturated rings. The number of methoxy groups -OCH3 is 1. The van der Waals surface area contributed by atoms with Crippen LogP contribution >= 0.6 is 0 Å². The second-order valence-electron chi connectivity index (χ2n) is 6.73. The van der Waals surface area contributed by atoms with Crippen molar-refractivity contribution >= 4 is 15.6 Å². The second kappa shape index (κ2) is 9.14. The van der Waals surface area contributed by atoms with Gasteiger partial charge in [-0.2, -0.15) is 0 Å². The van der Waals surface area contributed by atoms with Crippen molar-refractivity contribution in [3.63, 3.8) is 0 Å². The highest BCUT2D eigenvalue weighted by Gasteiger charge is 2.22. The Balaban J connectivity index is 2.03. The Morgan fingerprint density at radius 1 is 1.22 bits per heavy atom. The lowest BCUT2D eigenvalue weighted by Crippen LogP contribution is -2.20. The third-order valence-corrected chi connectivity index (χ3v) is 5.50. The molecule has 27 heavy (non-hydrogen) atoms. The number of hydrogen-bond donors (Lipinski definition) is 0. The second-order valence-corrected chi connectivity index (χ2v) is 8.79. The van der Waals surface area contributed by atoms with Crippen molar-refractivity contribution in [2.45, 2.75) is 25.5 Å². The molecule has 0 amide bonds. The van der Waals surface area contributed by atoms with E-state index in [2.05, 4.69) is 4.98 Å². The summed E-state index contributed by atoms with van der Waals surface area (Å²) < 4.78 is 35.4. The largest absolute Gasteiger partial charge is 0.497 e. The van der Waals surface area contributed by atoms with E-state index in [9.17, 15) is 13.2 Å². The minimum atomic E-state index is -3.59. The number of nitrogens with zero attached hydrogens (tertiary/aromatic N) is 2. The number of ketones is 1. The summed E-state index contributed by atoms with van der Waals surface area (Å²) in [6.45, 7) is 2.42. The minimum absolute atomic E-state index is 0.256. The van der Waals surface area contributed by atoms with Gasteiger partial charge in [-0.05, 0) is 58.3 Å². The zero-order valence-corrected chi connectivity index (χ0v) is 17.0. The van der Waals surface area contributed by atoms with Crippen LogP contribution in [-0.4, -0.2) is 57.6 Å². The van der Waals surface area contributed by atoms with Crippen LogP contribution in [0.4, 0.5) is 0 Å². The van der Waals surface area contributed by atoms with Gasteiger partial charge < -0.3 is 14.1 Å². The van der Waals surface area contributed by atoms with Crippen LogP contribution in [0.15, 0.2) is 28.7 Å². The molecule has 0 saturated heterocycles. The first kappa shape index (κ1) is 21.1. The molecular formula is C19H26N2O5S. The van der Waals surface area contributed by atoms with Gasteiger partial charge in [0.05, 0.1) is 18.6 Å². The number of Topliss-reactive ketones (excluding diaryl/α,β-unsaturated/α-hetero) is 1. The van der Waals surface area contributed by atoms with Gasteiger partial charge in [0.25, 0.3) is 0 Å². The minimum Gasteiger partial charge on any atom is -0.497 e. The molecule has 7 nitrogen and oxygen atoms in total. The number of ether oxygens (including phenoxy) is 1. The van der Waals surface area contributed by atoms with E-state index in [0.717, 1.165) is 12.1 Å². The molecule has 1 aromatic carbocycles. The third kappa shape index (κ3) is 6.48. The number of sulfone groups is 1. The van der Waals surface area contributed by atoms with Gasteiger partial charge in [-0.3, -0.25) is 4.79 Å². The van der Waals surface area contributed by atoms with Crippen molar-refractivity contribution < 1.29 is 22.4 Å². The molecule has 0 bridgehead atoms. The Labute approximate surface area is 160 Å². The predicted octanol–water partition coefficient (Wildman–Crippen LogP) is 2.48. The molecular weight excluding hydrogens is 368 g/mol. The van der Waals surface area contributed by atoms with Crippen molar-refractivity contribution in [1.82, 2.24) is 9.88 Å². The summed E-state index contributed by atoms with van der Waals surface area (Å²) in [6.07, 6.45) is 0.901. The molecule has 2 rings (SSSR count). The number of oxazole rings is 1. The Hall–Kier alpha value is -2.19. The number of aryl methyl sites for hydroxylation is 1. The Kier molecular flexibility index (Phi) is 7.15. The maximum absolute atomic E-state index is 12.4. The topological polar surface area (TPSA) is 89.7 Å². The third-order valence-electron chi connectivity index (χ3n) is 4.03. The fourth-order valence-electron chi connectivity index (χ4n) is 2.59. The predicted molar refractivity (Wildman–Crippen MR) is 104 cm³/mol. The van der Waals surface area contributed by atoms with Gasteiger partial charge >= 0.3 is 0 Å². The van der Waals surface area contributed by atoms with E-state index in [1.54, 1.807) is 38.3 Å². The standard InChI is InChI=1S/C19H26N2O5S/c1-14-18(13-27(23,24)12-16(22)6-5-11-21(2)3)20-19(26-14)15-7-9-17(25-4)10-8-15/h7-10H,5-6,11-13H2,1-4H3. The quantitative estimate of drug-likeness (QED) is 0.611. The summed E-state index contributed by atoms with van der Waals surface area (Å²) in [5.74, 6) is 0.441. The summed E-state index contributed by atoms with van der Waals surface area (Å²) >= 11 is 0. The first-order valence-electron chi connectivity index (χ1n) is 8.68. The maximum Gasteiger partial charge on any atom is 0.226 e. The molecule has 0 aliphatic heterocycles. The van der Waals surface area contributed by atoms with Gasteiger partial charge in [-0.25, -0.2) is 13.4 Å². The molecule has 0 radical (unpaired) electrons. The molecule has 8 heteroatoms. The summed E-state index contributed by atoms with van der Waals surface area (Å²) in [5, 5.41) is 0. The van der Waals surface area contributed by atoms with E-state index in [1.165, 1.54) is 0 Å². The van der Waals surface area contributed by atoms with Crippen molar-refractivity contribution in [2.24, 2.45) is 0 Å². The fraction of sp³-hybridized carbons (Fsp3) is 0.474. The van der Waals surface area contributed by atoms with Crippen LogP contribution in [0, 0.1) is 6.92 Å². The molecule has 0 aliphatic rings. The summed E-state index contributed by atoms with van der Waals surface area (Å²) in [6, 6.07) is 7.13. The molecule has 1 heterocycles. The Morgan fingerprint density at radius 2 is 1.89 bits per heavy atom. The lowest BCUT2D eigenvalue weighted by atomic mass is 10.2.